The molecule has 0 heterocycles. The molecule has 1 saturated carbocycles. The maximum Gasteiger partial charge on any atom is 0.343 e. The van der Waals surface area contributed by atoms with Gasteiger partial charge in [-0.25, -0.2) is 4.79 Å². The molecular weight excluding hydrogens is 530 g/mol. The predicted molar refractivity (Wildman–Crippen MR) is 178 cm³/mol. The number of carbonyl (C=O) groups excluding carboxylic acids is 1. The average Bonchev–Trinajstić information content (AvgIpc) is 3.04. The van der Waals surface area contributed by atoms with Gasteiger partial charge in [0, 0.05) is 0 Å². The Hall–Kier alpha value is -3.06. The summed E-state index contributed by atoms with van der Waals surface area (Å²) in [5.74, 6) is 2.32. The van der Waals surface area contributed by atoms with Crippen molar-refractivity contribution < 1.29 is 14.3 Å². The third-order valence-electron chi connectivity index (χ3n) is 9.05. The summed E-state index contributed by atoms with van der Waals surface area (Å²) >= 11 is 0. The van der Waals surface area contributed by atoms with Crippen LogP contribution in [0.5, 0.6) is 11.5 Å². The highest BCUT2D eigenvalue weighted by molar-refractivity contribution is 5.91. The summed E-state index contributed by atoms with van der Waals surface area (Å²) in [6, 6.07) is 15.0. The second-order valence-electron chi connectivity index (χ2n) is 12.5. The molecule has 1 aliphatic rings. The van der Waals surface area contributed by atoms with E-state index in [1.165, 1.54) is 96.3 Å². The van der Waals surface area contributed by atoms with Gasteiger partial charge in [-0.1, -0.05) is 109 Å². The van der Waals surface area contributed by atoms with Crippen molar-refractivity contribution in [1.29, 1.82) is 5.26 Å². The van der Waals surface area contributed by atoms with Gasteiger partial charge >= 0.3 is 5.97 Å². The lowest BCUT2D eigenvalue weighted by Gasteiger charge is -2.28. The third kappa shape index (κ3) is 13.4. The smallest absolute Gasteiger partial charge is 0.343 e. The third-order valence-corrected chi connectivity index (χ3v) is 9.05. The summed E-state index contributed by atoms with van der Waals surface area (Å²) in [6.45, 7) is 6.73. The minimum atomic E-state index is -0.462. The van der Waals surface area contributed by atoms with Gasteiger partial charge in [0.1, 0.15) is 17.6 Å². The van der Waals surface area contributed by atoms with Gasteiger partial charge in [0.05, 0.1) is 17.7 Å². The maximum absolute atomic E-state index is 12.8. The van der Waals surface area contributed by atoms with Crippen LogP contribution < -0.4 is 9.47 Å². The highest BCUT2D eigenvalue weighted by Crippen LogP contribution is 2.34. The molecule has 0 spiro atoms. The first-order valence-electron chi connectivity index (χ1n) is 17.2. The Morgan fingerprint density at radius 3 is 2.16 bits per heavy atom. The standard InChI is InChI=1S/C39H55NO3/c1-3-5-7-8-9-10-11-12-13-15-29-42-37-26-24-35(25-27-37)39(41)43-38-28-23-34(30-36(38)31-40)22-21-33-19-17-32(18-20-33)16-14-6-4-2/h3,23-28,30,32-33H,1,4-22,29H2,2H3. The molecule has 2 aromatic rings. The van der Waals surface area contributed by atoms with E-state index in [9.17, 15) is 10.1 Å². The van der Waals surface area contributed by atoms with E-state index in [4.69, 9.17) is 9.47 Å². The number of allylic oxidation sites excluding steroid dienone is 1. The second kappa shape index (κ2) is 20.8. The predicted octanol–water partition coefficient (Wildman–Crippen LogP) is 11.2. The Balaban J connectivity index is 1.34. The van der Waals surface area contributed by atoms with Gasteiger partial charge < -0.3 is 9.47 Å². The largest absolute Gasteiger partial charge is 0.494 e. The molecule has 0 amide bonds. The van der Waals surface area contributed by atoms with Crippen molar-refractivity contribution >= 4 is 5.97 Å². The number of unbranched alkanes of at least 4 members (excludes halogenated alkanes) is 10. The van der Waals surface area contributed by atoms with Gasteiger partial charge in [0.15, 0.2) is 0 Å². The van der Waals surface area contributed by atoms with Crippen molar-refractivity contribution in [2.24, 2.45) is 11.8 Å². The molecule has 1 fully saturated rings. The number of hydrogen-bond acceptors (Lipinski definition) is 4. The molecule has 0 bridgehead atoms. The Kier molecular flexibility index (Phi) is 16.6. The molecule has 234 valence electrons. The molecule has 0 N–H and O–H groups in total. The van der Waals surface area contributed by atoms with E-state index in [1.54, 1.807) is 18.2 Å². The fourth-order valence-corrected chi connectivity index (χ4v) is 6.26. The molecule has 43 heavy (non-hydrogen) atoms. The Labute approximate surface area is 261 Å². The van der Waals surface area contributed by atoms with Crippen LogP contribution in [-0.4, -0.2) is 12.6 Å². The van der Waals surface area contributed by atoms with Crippen molar-refractivity contribution in [1.82, 2.24) is 0 Å². The van der Waals surface area contributed by atoms with Gasteiger partial charge in [-0.2, -0.15) is 5.26 Å². The average molecular weight is 586 g/mol. The van der Waals surface area contributed by atoms with Crippen LogP contribution in [0.1, 0.15) is 144 Å². The van der Waals surface area contributed by atoms with E-state index in [0.29, 0.717) is 23.5 Å². The summed E-state index contributed by atoms with van der Waals surface area (Å²) < 4.78 is 11.5. The molecule has 0 saturated heterocycles. The van der Waals surface area contributed by atoms with Crippen molar-refractivity contribution in [3.05, 3.63) is 71.8 Å². The van der Waals surface area contributed by atoms with E-state index in [1.807, 2.05) is 30.3 Å². The maximum atomic E-state index is 12.8. The number of esters is 1. The lowest BCUT2D eigenvalue weighted by atomic mass is 9.78. The lowest BCUT2D eigenvalue weighted by molar-refractivity contribution is 0.0734. The lowest BCUT2D eigenvalue weighted by Crippen LogP contribution is -2.15. The minimum absolute atomic E-state index is 0.320. The number of hydrogen-bond donors (Lipinski definition) is 0. The van der Waals surface area contributed by atoms with Crippen LogP contribution in [0.15, 0.2) is 55.1 Å². The number of aryl methyl sites for hydroxylation is 1. The number of rotatable bonds is 21. The van der Waals surface area contributed by atoms with E-state index in [-0.39, 0.29) is 0 Å². The van der Waals surface area contributed by atoms with Gasteiger partial charge in [-0.05, 0) is 85.9 Å². The van der Waals surface area contributed by atoms with Crippen LogP contribution in [0.25, 0.3) is 0 Å². The Morgan fingerprint density at radius 2 is 1.51 bits per heavy atom. The van der Waals surface area contributed by atoms with Crippen LogP contribution in [0.4, 0.5) is 0 Å². The first-order valence-corrected chi connectivity index (χ1v) is 17.2. The quantitative estimate of drug-likeness (QED) is 0.0633. The summed E-state index contributed by atoms with van der Waals surface area (Å²) in [6.07, 6.45) is 26.1. The molecule has 0 aromatic heterocycles. The molecule has 4 nitrogen and oxygen atoms in total. The van der Waals surface area contributed by atoms with E-state index < -0.39 is 5.97 Å². The summed E-state index contributed by atoms with van der Waals surface area (Å²) in [5.41, 5.74) is 2.00. The second-order valence-corrected chi connectivity index (χ2v) is 12.5. The molecule has 0 unspecified atom stereocenters. The first kappa shape index (κ1) is 34.4. The Bertz CT molecular complexity index is 1110. The fourth-order valence-electron chi connectivity index (χ4n) is 6.26. The molecule has 3 rings (SSSR count). The van der Waals surface area contributed by atoms with E-state index in [0.717, 1.165) is 48.8 Å². The molecular formula is C39H55NO3. The molecule has 0 atom stereocenters. The number of benzene rings is 2. The van der Waals surface area contributed by atoms with Crippen molar-refractivity contribution in [2.75, 3.05) is 6.61 Å². The highest BCUT2D eigenvalue weighted by atomic mass is 16.5. The number of carbonyl (C=O) groups is 1. The SMILES string of the molecule is C=CCCCCCCCCCCOc1ccc(C(=O)Oc2ccc(CCC3CCC(CCCCC)CC3)cc2C#N)cc1. The summed E-state index contributed by atoms with van der Waals surface area (Å²) in [7, 11) is 0. The van der Waals surface area contributed by atoms with Crippen LogP contribution in [0, 0.1) is 23.2 Å². The molecule has 0 aliphatic heterocycles. The van der Waals surface area contributed by atoms with Crippen molar-refractivity contribution in [3.63, 3.8) is 0 Å². The number of ether oxygens (including phenoxy) is 2. The Morgan fingerprint density at radius 1 is 0.860 bits per heavy atom. The van der Waals surface area contributed by atoms with Crippen LogP contribution in [0.3, 0.4) is 0 Å². The fraction of sp³-hybridized carbons (Fsp3) is 0.590. The topological polar surface area (TPSA) is 59.3 Å². The molecule has 2 aromatic carbocycles. The van der Waals surface area contributed by atoms with Crippen molar-refractivity contribution in [3.8, 4) is 17.6 Å². The zero-order valence-corrected chi connectivity index (χ0v) is 26.8. The van der Waals surface area contributed by atoms with Gasteiger partial charge in [0.25, 0.3) is 0 Å². The van der Waals surface area contributed by atoms with E-state index in [2.05, 4.69) is 19.6 Å². The monoisotopic (exact) mass is 585 g/mol. The highest BCUT2D eigenvalue weighted by Gasteiger charge is 2.21. The van der Waals surface area contributed by atoms with Crippen LogP contribution in [-0.2, 0) is 6.42 Å². The number of nitrogens with zero attached hydrogens (tertiary/aromatic N) is 1. The van der Waals surface area contributed by atoms with Gasteiger partial charge in [0.2, 0.25) is 0 Å². The van der Waals surface area contributed by atoms with Crippen LogP contribution >= 0.6 is 0 Å². The zero-order valence-electron chi connectivity index (χ0n) is 26.8. The summed E-state index contributed by atoms with van der Waals surface area (Å²) in [5, 5.41) is 9.74. The molecule has 1 aliphatic carbocycles. The zero-order chi connectivity index (χ0) is 30.5. The minimum Gasteiger partial charge on any atom is -0.494 e. The normalized spacial score (nSPS) is 16.4. The number of nitriles is 1. The first-order chi connectivity index (χ1) is 21.1. The molecule has 0 radical (unpaired) electrons. The van der Waals surface area contributed by atoms with Crippen molar-refractivity contribution in [2.45, 2.75) is 129 Å². The molecule has 4 heteroatoms. The van der Waals surface area contributed by atoms with Gasteiger partial charge in [-0.15, -0.1) is 6.58 Å². The summed E-state index contributed by atoms with van der Waals surface area (Å²) in [4.78, 5) is 12.8. The van der Waals surface area contributed by atoms with Crippen LogP contribution in [0.2, 0.25) is 0 Å². The van der Waals surface area contributed by atoms with Gasteiger partial charge in [-0.3, -0.25) is 0 Å². The van der Waals surface area contributed by atoms with E-state index >= 15 is 0 Å².